The van der Waals surface area contributed by atoms with Gasteiger partial charge >= 0.3 is 0 Å². The van der Waals surface area contributed by atoms with Gasteiger partial charge in [0.2, 0.25) is 11.8 Å². The highest BCUT2D eigenvalue weighted by Crippen LogP contribution is 2.47. The molecule has 0 radical (unpaired) electrons. The Labute approximate surface area is 181 Å². The monoisotopic (exact) mass is 430 g/mol. The number of carbonyl (C=O) groups excluding carboxylic acids is 2. The lowest BCUT2D eigenvalue weighted by Gasteiger charge is -2.38. The van der Waals surface area contributed by atoms with Crippen LogP contribution in [-0.2, 0) is 19.1 Å². The Morgan fingerprint density at radius 1 is 1.19 bits per heavy atom. The van der Waals surface area contributed by atoms with E-state index in [2.05, 4.69) is 5.32 Å². The predicted molar refractivity (Wildman–Crippen MR) is 112 cm³/mol. The minimum absolute atomic E-state index is 0.0175. The summed E-state index contributed by atoms with van der Waals surface area (Å²) in [5.74, 6) is 1.04. The molecule has 8 heteroatoms. The summed E-state index contributed by atoms with van der Waals surface area (Å²) in [4.78, 5) is 26.9. The van der Waals surface area contributed by atoms with E-state index in [1.807, 2.05) is 23.1 Å². The van der Waals surface area contributed by atoms with Crippen LogP contribution in [0.5, 0.6) is 5.75 Å². The van der Waals surface area contributed by atoms with E-state index in [1.54, 1.807) is 0 Å². The molecule has 0 bridgehead atoms. The van der Waals surface area contributed by atoms with Crippen molar-refractivity contribution in [2.45, 2.75) is 56.3 Å². The number of ether oxygens (including phenoxy) is 3. The highest BCUT2D eigenvalue weighted by molar-refractivity contribution is 5.93. The van der Waals surface area contributed by atoms with E-state index in [-0.39, 0.29) is 48.9 Å². The Bertz CT molecular complexity index is 835. The lowest BCUT2D eigenvalue weighted by molar-refractivity contribution is -0.151. The van der Waals surface area contributed by atoms with Crippen LogP contribution in [0.25, 0.3) is 0 Å². The second kappa shape index (κ2) is 8.76. The van der Waals surface area contributed by atoms with Crippen molar-refractivity contribution in [3.05, 3.63) is 23.8 Å². The second-order valence-corrected chi connectivity index (χ2v) is 8.97. The molecule has 2 saturated heterocycles. The van der Waals surface area contributed by atoms with Gasteiger partial charge in [-0.2, -0.15) is 0 Å². The average molecular weight is 431 g/mol. The summed E-state index contributed by atoms with van der Waals surface area (Å²) < 4.78 is 17.5. The predicted octanol–water partition coefficient (Wildman–Crippen LogP) is 1.67. The molecule has 168 valence electrons. The minimum atomic E-state index is -0.485. The summed E-state index contributed by atoms with van der Waals surface area (Å²) in [6.45, 7) is 2.19. The van der Waals surface area contributed by atoms with E-state index in [1.165, 1.54) is 0 Å². The first-order chi connectivity index (χ1) is 15.1. The Morgan fingerprint density at radius 2 is 2.00 bits per heavy atom. The Balaban J connectivity index is 1.29. The van der Waals surface area contributed by atoms with Crippen molar-refractivity contribution in [3.63, 3.8) is 0 Å². The molecule has 4 atom stereocenters. The molecule has 2 amide bonds. The van der Waals surface area contributed by atoms with Gasteiger partial charge in [-0.05, 0) is 37.5 Å². The van der Waals surface area contributed by atoms with Gasteiger partial charge in [-0.25, -0.2) is 0 Å². The third-order valence-corrected chi connectivity index (χ3v) is 7.01. The first-order valence-electron chi connectivity index (χ1n) is 11.4. The third-order valence-electron chi connectivity index (χ3n) is 7.01. The van der Waals surface area contributed by atoms with Gasteiger partial charge in [-0.3, -0.25) is 9.59 Å². The summed E-state index contributed by atoms with van der Waals surface area (Å²) in [5.41, 5.74) is 1.79. The number of aliphatic hydroxyl groups is 1. The highest BCUT2D eigenvalue weighted by atomic mass is 16.6. The zero-order valence-corrected chi connectivity index (χ0v) is 17.6. The van der Waals surface area contributed by atoms with Crippen molar-refractivity contribution in [3.8, 4) is 5.75 Å². The Morgan fingerprint density at radius 3 is 2.71 bits per heavy atom. The van der Waals surface area contributed by atoms with E-state index in [0.29, 0.717) is 32.7 Å². The van der Waals surface area contributed by atoms with Crippen molar-refractivity contribution < 1.29 is 28.9 Å². The first-order valence-corrected chi connectivity index (χ1v) is 11.4. The van der Waals surface area contributed by atoms with Crippen LogP contribution in [0.2, 0.25) is 0 Å². The van der Waals surface area contributed by atoms with Crippen molar-refractivity contribution in [1.82, 2.24) is 4.90 Å². The fourth-order valence-corrected chi connectivity index (χ4v) is 5.02. The summed E-state index contributed by atoms with van der Waals surface area (Å²) >= 11 is 0. The maximum absolute atomic E-state index is 12.7. The number of carbonyl (C=O) groups is 2. The lowest BCUT2D eigenvalue weighted by Crippen LogP contribution is -2.48. The van der Waals surface area contributed by atoms with Crippen LogP contribution in [0.3, 0.4) is 0 Å². The number of rotatable bonds is 5. The molecule has 3 heterocycles. The fraction of sp³-hybridized carbons (Fsp3) is 0.652. The normalized spacial score (nSPS) is 30.0. The van der Waals surface area contributed by atoms with Crippen molar-refractivity contribution in [2.24, 2.45) is 5.92 Å². The number of hydrogen-bond acceptors (Lipinski definition) is 6. The summed E-state index contributed by atoms with van der Waals surface area (Å²) in [6.07, 6.45) is 2.91. The molecule has 3 fully saturated rings. The first kappa shape index (κ1) is 20.7. The van der Waals surface area contributed by atoms with E-state index >= 15 is 0 Å². The molecule has 1 aromatic rings. The van der Waals surface area contributed by atoms with E-state index in [9.17, 15) is 14.7 Å². The number of amides is 2. The standard InChI is InChI=1S/C23H30N2O6/c26-13-20-22-18(11-16(30-20)12-21(27)25-6-8-29-9-7-25)17-10-15(4-5-19(17)31-22)24-23(28)14-2-1-3-14/h4-5,10,14,16,18,20,22,26H,1-3,6-9,11-13H2,(H,24,28)/t16-,18+,20-,22-/m0/s1. The van der Waals surface area contributed by atoms with Gasteiger partial charge in [0.05, 0.1) is 32.3 Å². The Kier molecular flexibility index (Phi) is 5.86. The zero-order valence-electron chi connectivity index (χ0n) is 17.6. The van der Waals surface area contributed by atoms with Crippen LogP contribution in [0.4, 0.5) is 5.69 Å². The molecule has 1 aliphatic carbocycles. The molecule has 3 aliphatic heterocycles. The molecule has 1 saturated carbocycles. The number of morpholine rings is 1. The molecular weight excluding hydrogens is 400 g/mol. The number of benzene rings is 1. The lowest BCUT2D eigenvalue weighted by atomic mass is 9.83. The molecule has 4 aliphatic rings. The minimum Gasteiger partial charge on any atom is -0.487 e. The SMILES string of the molecule is O=C(Nc1ccc2c(c1)[C@H]1C[C@@H](CC(=O)N3CCOCC3)O[C@@H](CO)[C@H]1O2)C1CCC1. The zero-order chi connectivity index (χ0) is 21.4. The molecule has 31 heavy (non-hydrogen) atoms. The Hall–Kier alpha value is -2.16. The van der Waals surface area contributed by atoms with Gasteiger partial charge < -0.3 is 29.5 Å². The van der Waals surface area contributed by atoms with Crippen LogP contribution in [-0.4, -0.2) is 73.0 Å². The number of hydrogen-bond donors (Lipinski definition) is 2. The molecule has 8 nitrogen and oxygen atoms in total. The van der Waals surface area contributed by atoms with Crippen LogP contribution in [0, 0.1) is 5.92 Å². The molecule has 1 aromatic carbocycles. The van der Waals surface area contributed by atoms with Gasteiger partial charge in [0.25, 0.3) is 0 Å². The summed E-state index contributed by atoms with van der Waals surface area (Å²) in [6, 6.07) is 5.73. The second-order valence-electron chi connectivity index (χ2n) is 8.97. The van der Waals surface area contributed by atoms with Crippen molar-refractivity contribution in [2.75, 3.05) is 38.2 Å². The topological polar surface area (TPSA) is 97.3 Å². The van der Waals surface area contributed by atoms with Gasteiger partial charge in [0.15, 0.2) is 0 Å². The number of anilines is 1. The summed E-state index contributed by atoms with van der Waals surface area (Å²) in [5, 5.41) is 12.9. The maximum Gasteiger partial charge on any atom is 0.227 e. The largest absolute Gasteiger partial charge is 0.487 e. The number of fused-ring (bicyclic) bond motifs is 3. The highest BCUT2D eigenvalue weighted by Gasteiger charge is 2.46. The maximum atomic E-state index is 12.7. The average Bonchev–Trinajstić information content (AvgIpc) is 3.10. The fourth-order valence-electron chi connectivity index (χ4n) is 5.02. The van der Waals surface area contributed by atoms with E-state index in [0.717, 1.165) is 36.3 Å². The quantitative estimate of drug-likeness (QED) is 0.738. The van der Waals surface area contributed by atoms with Crippen LogP contribution in [0.1, 0.15) is 43.6 Å². The molecule has 0 unspecified atom stereocenters. The number of aliphatic hydroxyl groups excluding tert-OH is 1. The van der Waals surface area contributed by atoms with Gasteiger partial charge in [-0.1, -0.05) is 6.42 Å². The number of nitrogens with one attached hydrogen (secondary N) is 1. The van der Waals surface area contributed by atoms with E-state index in [4.69, 9.17) is 14.2 Å². The van der Waals surface area contributed by atoms with Gasteiger partial charge in [0.1, 0.15) is 18.0 Å². The van der Waals surface area contributed by atoms with Crippen molar-refractivity contribution >= 4 is 17.5 Å². The van der Waals surface area contributed by atoms with Crippen LogP contribution >= 0.6 is 0 Å². The van der Waals surface area contributed by atoms with Gasteiger partial charge in [0, 0.05) is 36.2 Å². The molecule has 0 aromatic heterocycles. The van der Waals surface area contributed by atoms with Crippen LogP contribution < -0.4 is 10.1 Å². The smallest absolute Gasteiger partial charge is 0.227 e. The molecule has 5 rings (SSSR count). The summed E-state index contributed by atoms with van der Waals surface area (Å²) in [7, 11) is 0. The van der Waals surface area contributed by atoms with Crippen LogP contribution in [0.15, 0.2) is 18.2 Å². The van der Waals surface area contributed by atoms with Crippen molar-refractivity contribution in [1.29, 1.82) is 0 Å². The third kappa shape index (κ3) is 4.16. The number of nitrogens with zero attached hydrogens (tertiary/aromatic N) is 1. The molecule has 2 N–H and O–H groups in total. The van der Waals surface area contributed by atoms with Gasteiger partial charge in [-0.15, -0.1) is 0 Å². The molecule has 0 spiro atoms. The molecular formula is C23H30N2O6. The van der Waals surface area contributed by atoms with E-state index < -0.39 is 6.10 Å².